The Bertz CT molecular complexity index is 538. The molecular formula is C12H12N2O2. The largest absolute Gasteiger partial charge is 0.506 e. The van der Waals surface area contributed by atoms with E-state index in [2.05, 4.69) is 10.3 Å². The molecule has 0 aliphatic carbocycles. The number of fused-ring (bicyclic) bond motifs is 1. The topological polar surface area (TPSA) is 62.2 Å². The third-order valence-electron chi connectivity index (χ3n) is 2.39. The number of nitrogens with one attached hydrogen (secondary N) is 1. The Balaban J connectivity index is 2.63. The summed E-state index contributed by atoms with van der Waals surface area (Å²) in [5, 5.41) is 13.1. The van der Waals surface area contributed by atoms with Crippen LogP contribution in [0.25, 0.3) is 10.9 Å². The number of benzene rings is 1. The number of likely N-dealkylation sites (N-methyl/N-ethyl adjacent to an activating group) is 1. The van der Waals surface area contributed by atoms with Gasteiger partial charge in [-0.1, -0.05) is 6.07 Å². The van der Waals surface area contributed by atoms with Crippen molar-refractivity contribution in [1.82, 2.24) is 10.3 Å². The smallest absolute Gasteiger partial charge is 0.177 e. The van der Waals surface area contributed by atoms with E-state index in [1.54, 1.807) is 31.4 Å². The minimum Gasteiger partial charge on any atom is -0.506 e. The summed E-state index contributed by atoms with van der Waals surface area (Å²) in [5.41, 5.74) is 1.04. The molecule has 0 bridgehead atoms. The molecule has 1 aromatic heterocycles. The molecular weight excluding hydrogens is 204 g/mol. The first-order valence-corrected chi connectivity index (χ1v) is 4.98. The average molecular weight is 216 g/mol. The van der Waals surface area contributed by atoms with Gasteiger partial charge in [-0.05, 0) is 25.2 Å². The van der Waals surface area contributed by atoms with Crippen molar-refractivity contribution in [2.24, 2.45) is 0 Å². The maximum absolute atomic E-state index is 11.8. The Morgan fingerprint density at radius 1 is 1.44 bits per heavy atom. The molecule has 0 atom stereocenters. The van der Waals surface area contributed by atoms with Crippen LogP contribution in [0.2, 0.25) is 0 Å². The minimum atomic E-state index is -0.0134. The molecule has 0 radical (unpaired) electrons. The van der Waals surface area contributed by atoms with Crippen molar-refractivity contribution < 1.29 is 9.90 Å². The van der Waals surface area contributed by atoms with Gasteiger partial charge in [0.25, 0.3) is 0 Å². The Morgan fingerprint density at radius 3 is 3.00 bits per heavy atom. The Kier molecular flexibility index (Phi) is 2.83. The van der Waals surface area contributed by atoms with E-state index in [1.807, 2.05) is 0 Å². The van der Waals surface area contributed by atoms with Crippen LogP contribution in [0.4, 0.5) is 0 Å². The lowest BCUT2D eigenvalue weighted by Crippen LogP contribution is -2.18. The van der Waals surface area contributed by atoms with Crippen LogP contribution in [-0.2, 0) is 0 Å². The molecule has 1 heterocycles. The van der Waals surface area contributed by atoms with Gasteiger partial charge in [-0.15, -0.1) is 0 Å². The fourth-order valence-corrected chi connectivity index (χ4v) is 1.66. The molecule has 2 aromatic rings. The van der Waals surface area contributed by atoms with Gasteiger partial charge in [-0.25, -0.2) is 0 Å². The monoisotopic (exact) mass is 216 g/mol. The number of aromatic nitrogens is 1. The van der Waals surface area contributed by atoms with Crippen molar-refractivity contribution in [3.05, 3.63) is 36.0 Å². The summed E-state index contributed by atoms with van der Waals surface area (Å²) in [7, 11) is 1.72. The Hall–Kier alpha value is -1.94. The fourth-order valence-electron chi connectivity index (χ4n) is 1.66. The molecule has 0 spiro atoms. The Morgan fingerprint density at radius 2 is 2.25 bits per heavy atom. The molecule has 2 N–H and O–H groups in total. The normalized spacial score (nSPS) is 10.6. The summed E-state index contributed by atoms with van der Waals surface area (Å²) >= 11 is 0. The van der Waals surface area contributed by atoms with Crippen LogP contribution in [0.15, 0.2) is 30.5 Å². The maximum Gasteiger partial charge on any atom is 0.177 e. The van der Waals surface area contributed by atoms with E-state index in [9.17, 15) is 9.90 Å². The number of hydrogen-bond donors (Lipinski definition) is 2. The van der Waals surface area contributed by atoms with E-state index in [0.717, 1.165) is 0 Å². The molecule has 0 saturated carbocycles. The molecule has 0 aliphatic rings. The zero-order valence-corrected chi connectivity index (χ0v) is 8.90. The van der Waals surface area contributed by atoms with Crippen LogP contribution in [0.5, 0.6) is 5.75 Å². The van der Waals surface area contributed by atoms with Gasteiger partial charge in [0.05, 0.1) is 6.54 Å². The number of carbonyl (C=O) groups excluding carboxylic acids is 1. The van der Waals surface area contributed by atoms with Crippen LogP contribution in [0.3, 0.4) is 0 Å². The molecule has 0 fully saturated rings. The van der Waals surface area contributed by atoms with Gasteiger partial charge in [0, 0.05) is 17.1 Å². The number of nitrogens with zero attached hydrogens (tertiary/aromatic N) is 1. The van der Waals surface area contributed by atoms with Crippen molar-refractivity contribution in [3.63, 3.8) is 0 Å². The molecule has 0 amide bonds. The highest BCUT2D eigenvalue weighted by molar-refractivity contribution is 6.09. The molecule has 4 heteroatoms. The number of ketones is 1. The summed E-state index contributed by atoms with van der Waals surface area (Å²) in [6.45, 7) is 0.273. The van der Waals surface area contributed by atoms with Crippen LogP contribution in [-0.4, -0.2) is 29.5 Å². The maximum atomic E-state index is 11.8. The summed E-state index contributed by atoms with van der Waals surface area (Å²) in [6.07, 6.45) is 1.59. The highest BCUT2D eigenvalue weighted by Crippen LogP contribution is 2.25. The molecule has 82 valence electrons. The Labute approximate surface area is 92.9 Å². The third kappa shape index (κ3) is 1.75. The lowest BCUT2D eigenvalue weighted by Gasteiger charge is -2.06. The SMILES string of the molecule is CNCC(=O)c1ccc(O)c2ncccc12. The van der Waals surface area contributed by atoms with E-state index in [0.29, 0.717) is 16.5 Å². The molecule has 2 rings (SSSR count). The first kappa shape index (κ1) is 10.6. The molecule has 0 saturated heterocycles. The van der Waals surface area contributed by atoms with E-state index in [4.69, 9.17) is 0 Å². The van der Waals surface area contributed by atoms with E-state index in [-0.39, 0.29) is 18.1 Å². The van der Waals surface area contributed by atoms with Gasteiger partial charge in [-0.3, -0.25) is 9.78 Å². The van der Waals surface area contributed by atoms with E-state index in [1.165, 1.54) is 6.07 Å². The van der Waals surface area contributed by atoms with Gasteiger partial charge in [0.15, 0.2) is 5.78 Å². The summed E-state index contributed by atoms with van der Waals surface area (Å²) in [4.78, 5) is 15.9. The molecule has 1 aromatic carbocycles. The number of aromatic hydroxyl groups is 1. The highest BCUT2D eigenvalue weighted by Gasteiger charge is 2.11. The van der Waals surface area contributed by atoms with Crippen LogP contribution < -0.4 is 5.32 Å². The standard InChI is InChI=1S/C12H12N2O2/c1-13-7-11(16)8-4-5-10(15)12-9(8)3-2-6-14-12/h2-6,13,15H,7H2,1H3. The van der Waals surface area contributed by atoms with Gasteiger partial charge in [0.1, 0.15) is 11.3 Å². The number of Topliss-reactive ketones (excluding diaryl/α,β-unsaturated/α-hetero) is 1. The lowest BCUT2D eigenvalue weighted by molar-refractivity contribution is 0.0995. The summed E-state index contributed by atoms with van der Waals surface area (Å²) < 4.78 is 0. The number of hydrogen-bond acceptors (Lipinski definition) is 4. The van der Waals surface area contributed by atoms with Crippen molar-refractivity contribution in [1.29, 1.82) is 0 Å². The first-order valence-electron chi connectivity index (χ1n) is 4.98. The van der Waals surface area contributed by atoms with Crippen molar-refractivity contribution in [2.45, 2.75) is 0 Å². The predicted octanol–water partition coefficient (Wildman–Crippen LogP) is 1.34. The van der Waals surface area contributed by atoms with Crippen molar-refractivity contribution in [2.75, 3.05) is 13.6 Å². The number of phenols is 1. The average Bonchev–Trinajstić information content (AvgIpc) is 2.30. The minimum absolute atomic E-state index is 0.0134. The molecule has 4 nitrogen and oxygen atoms in total. The van der Waals surface area contributed by atoms with Crippen LogP contribution >= 0.6 is 0 Å². The van der Waals surface area contributed by atoms with Gasteiger partial charge < -0.3 is 10.4 Å². The number of phenolic OH excluding ortho intramolecular Hbond substituents is 1. The second kappa shape index (κ2) is 4.28. The molecule has 16 heavy (non-hydrogen) atoms. The number of carbonyl (C=O) groups is 1. The van der Waals surface area contributed by atoms with Gasteiger partial charge >= 0.3 is 0 Å². The number of rotatable bonds is 3. The molecule has 0 unspecified atom stereocenters. The second-order valence-corrected chi connectivity index (χ2v) is 3.49. The van der Waals surface area contributed by atoms with Crippen molar-refractivity contribution >= 4 is 16.7 Å². The fraction of sp³-hybridized carbons (Fsp3) is 0.167. The quantitative estimate of drug-likeness (QED) is 0.760. The van der Waals surface area contributed by atoms with Crippen molar-refractivity contribution in [3.8, 4) is 5.75 Å². The predicted molar refractivity (Wildman–Crippen MR) is 61.7 cm³/mol. The first-order chi connectivity index (χ1) is 7.74. The summed E-state index contributed by atoms with van der Waals surface area (Å²) in [6, 6.07) is 6.65. The van der Waals surface area contributed by atoms with Crippen LogP contribution in [0, 0.1) is 0 Å². The number of pyridine rings is 1. The molecule has 0 aliphatic heterocycles. The second-order valence-electron chi connectivity index (χ2n) is 3.49. The zero-order valence-electron chi connectivity index (χ0n) is 8.90. The van der Waals surface area contributed by atoms with Gasteiger partial charge in [0.2, 0.25) is 0 Å². The van der Waals surface area contributed by atoms with E-state index >= 15 is 0 Å². The van der Waals surface area contributed by atoms with E-state index < -0.39 is 0 Å². The highest BCUT2D eigenvalue weighted by atomic mass is 16.3. The van der Waals surface area contributed by atoms with Crippen LogP contribution in [0.1, 0.15) is 10.4 Å². The van der Waals surface area contributed by atoms with Gasteiger partial charge in [-0.2, -0.15) is 0 Å². The lowest BCUT2D eigenvalue weighted by atomic mass is 10.0. The third-order valence-corrected chi connectivity index (χ3v) is 2.39. The summed E-state index contributed by atoms with van der Waals surface area (Å²) in [5.74, 6) is 0.0807. The zero-order chi connectivity index (χ0) is 11.5.